The Kier molecular flexibility index (Phi) is 4.30. The van der Waals surface area contributed by atoms with Gasteiger partial charge in [-0.2, -0.15) is 0 Å². The van der Waals surface area contributed by atoms with E-state index in [1.165, 1.54) is 46.5 Å². The maximum atomic E-state index is 2.44. The second kappa shape index (κ2) is 6.17. The first-order valence-electron chi connectivity index (χ1n) is 8.05. The molecule has 0 unspecified atom stereocenters. The SMILES string of the molecule is CC[CH2][Al]([CH2]CC)[c]1cccc2c1Cc1ccccc1-2. The van der Waals surface area contributed by atoms with Gasteiger partial charge in [0, 0.05) is 0 Å². The largest absolute Gasteiger partial charge is 0.306 e. The van der Waals surface area contributed by atoms with Gasteiger partial charge in [0.2, 0.25) is 0 Å². The molecule has 0 amide bonds. The molecule has 0 saturated carbocycles. The zero-order chi connectivity index (χ0) is 13.9. The van der Waals surface area contributed by atoms with Gasteiger partial charge in [-0.25, -0.2) is 0 Å². The van der Waals surface area contributed by atoms with E-state index in [1.807, 2.05) is 0 Å². The first-order chi connectivity index (χ1) is 9.85. The van der Waals surface area contributed by atoms with Gasteiger partial charge in [0.25, 0.3) is 0 Å². The van der Waals surface area contributed by atoms with Crippen molar-refractivity contribution in [1.29, 1.82) is 0 Å². The highest BCUT2D eigenvalue weighted by Crippen LogP contribution is 2.35. The number of hydrogen-bond donors (Lipinski definition) is 0. The lowest BCUT2D eigenvalue weighted by Gasteiger charge is -2.15. The van der Waals surface area contributed by atoms with Gasteiger partial charge in [0.05, 0.1) is 0 Å². The van der Waals surface area contributed by atoms with Crippen molar-refractivity contribution in [3.63, 3.8) is 0 Å². The fourth-order valence-electron chi connectivity index (χ4n) is 3.72. The van der Waals surface area contributed by atoms with Gasteiger partial charge in [0.1, 0.15) is 0 Å². The Morgan fingerprint density at radius 2 is 1.55 bits per heavy atom. The van der Waals surface area contributed by atoms with Crippen LogP contribution in [0.15, 0.2) is 42.5 Å². The van der Waals surface area contributed by atoms with E-state index in [0.29, 0.717) is 0 Å². The molecule has 0 N–H and O–H groups in total. The van der Waals surface area contributed by atoms with E-state index in [4.69, 9.17) is 0 Å². The van der Waals surface area contributed by atoms with E-state index in [-0.39, 0.29) is 0 Å². The highest BCUT2D eigenvalue weighted by atomic mass is 27.2. The maximum absolute atomic E-state index is 2.44. The Labute approximate surface area is 127 Å². The molecule has 2 aromatic rings. The summed E-state index contributed by atoms with van der Waals surface area (Å²) < 4.78 is 1.75. The van der Waals surface area contributed by atoms with Crippen LogP contribution in [0.1, 0.15) is 37.8 Å². The minimum Gasteiger partial charge on any atom is -0.106 e. The highest BCUT2D eigenvalue weighted by Gasteiger charge is 2.26. The molecule has 0 aliphatic heterocycles. The van der Waals surface area contributed by atoms with Crippen LogP contribution in [0, 0.1) is 0 Å². The van der Waals surface area contributed by atoms with Crippen molar-refractivity contribution in [2.45, 2.75) is 43.7 Å². The smallest absolute Gasteiger partial charge is 0.106 e. The minimum absolute atomic E-state index is 0.768. The second-order valence-corrected chi connectivity index (χ2v) is 9.15. The second-order valence-electron chi connectivity index (χ2n) is 5.98. The summed E-state index contributed by atoms with van der Waals surface area (Å²) in [6.07, 6.45) is 3.85. The van der Waals surface area contributed by atoms with Crippen LogP contribution in [0.3, 0.4) is 0 Å². The van der Waals surface area contributed by atoms with Crippen molar-refractivity contribution in [3.8, 4) is 11.1 Å². The van der Waals surface area contributed by atoms with Crippen LogP contribution in [0.5, 0.6) is 0 Å². The molecule has 2 aromatic carbocycles. The summed E-state index contributed by atoms with van der Waals surface area (Å²) in [5.41, 5.74) is 6.18. The first kappa shape index (κ1) is 13.9. The minimum atomic E-state index is -0.768. The highest BCUT2D eigenvalue weighted by molar-refractivity contribution is 6.73. The van der Waals surface area contributed by atoms with Crippen molar-refractivity contribution < 1.29 is 0 Å². The predicted molar refractivity (Wildman–Crippen MR) is 90.3 cm³/mol. The van der Waals surface area contributed by atoms with Crippen molar-refractivity contribution in [3.05, 3.63) is 53.6 Å². The van der Waals surface area contributed by atoms with Gasteiger partial charge >= 0.3 is 14.1 Å². The molecule has 1 heteroatoms. The molecule has 0 bridgehead atoms. The first-order valence-corrected chi connectivity index (χ1v) is 10.3. The van der Waals surface area contributed by atoms with E-state index >= 15 is 0 Å². The van der Waals surface area contributed by atoms with Gasteiger partial charge in [-0.15, -0.1) is 4.43 Å². The van der Waals surface area contributed by atoms with Gasteiger partial charge in [0.15, 0.2) is 0 Å². The summed E-state index contributed by atoms with van der Waals surface area (Å²) in [7, 11) is 0. The van der Waals surface area contributed by atoms with E-state index in [9.17, 15) is 0 Å². The van der Waals surface area contributed by atoms with Crippen LogP contribution in [0.4, 0.5) is 0 Å². The van der Waals surface area contributed by atoms with Crippen LogP contribution in [-0.2, 0) is 6.42 Å². The molecule has 0 spiro atoms. The topological polar surface area (TPSA) is 0 Å². The molecule has 102 valence electrons. The average Bonchev–Trinajstić information content (AvgIpc) is 2.85. The molecule has 0 fully saturated rings. The molecule has 0 nitrogen and oxygen atoms in total. The summed E-state index contributed by atoms with van der Waals surface area (Å²) >= 11 is -0.768. The Balaban J connectivity index is 2.04. The number of fused-ring (bicyclic) bond motifs is 3. The maximum Gasteiger partial charge on any atom is 0.306 e. The van der Waals surface area contributed by atoms with Crippen LogP contribution in [0.25, 0.3) is 11.1 Å². The number of rotatable bonds is 5. The Morgan fingerprint density at radius 1 is 0.850 bits per heavy atom. The summed E-state index contributed by atoms with van der Waals surface area (Å²) in [6, 6.07) is 16.0. The van der Waals surface area contributed by atoms with Crippen molar-refractivity contribution in [2.24, 2.45) is 0 Å². The molecule has 3 rings (SSSR count). The van der Waals surface area contributed by atoms with Crippen molar-refractivity contribution in [1.82, 2.24) is 0 Å². The van der Waals surface area contributed by atoms with Crippen LogP contribution in [0.2, 0.25) is 10.6 Å². The standard InChI is InChI=1S/C13H9.2C3H7.Al/c1-3-7-12-10(5-1)9-11-6-2-4-8-13(11)12;2*1-3-2;/h1-5,7-8H,9H2;2*1,3H2,2H3;. The Morgan fingerprint density at radius 3 is 2.30 bits per heavy atom. The lowest BCUT2D eigenvalue weighted by atomic mass is 10.1. The van der Waals surface area contributed by atoms with Crippen molar-refractivity contribution in [2.75, 3.05) is 0 Å². The van der Waals surface area contributed by atoms with Crippen LogP contribution < -0.4 is 4.43 Å². The lowest BCUT2D eigenvalue weighted by Crippen LogP contribution is -2.32. The summed E-state index contributed by atoms with van der Waals surface area (Å²) in [6.45, 7) is 4.68. The van der Waals surface area contributed by atoms with Gasteiger partial charge in [-0.3, -0.25) is 0 Å². The third kappa shape index (κ3) is 2.46. The molecular formula is C19H23Al. The third-order valence-electron chi connectivity index (χ3n) is 4.60. The van der Waals surface area contributed by atoms with Gasteiger partial charge in [-0.05, 0) is 28.7 Å². The predicted octanol–water partition coefficient (Wildman–Crippen LogP) is 4.78. The molecule has 0 aromatic heterocycles. The average molecular weight is 278 g/mol. The van der Waals surface area contributed by atoms with Crippen LogP contribution in [-0.4, -0.2) is 14.1 Å². The summed E-state index contributed by atoms with van der Waals surface area (Å²) in [5.74, 6) is 0. The molecular weight excluding hydrogens is 255 g/mol. The number of hydrogen-bond acceptors (Lipinski definition) is 0. The monoisotopic (exact) mass is 278 g/mol. The van der Waals surface area contributed by atoms with E-state index < -0.39 is 14.1 Å². The Bertz CT molecular complexity index is 594. The molecule has 1 aliphatic rings. The molecule has 0 saturated heterocycles. The molecule has 1 aliphatic carbocycles. The Hall–Kier alpha value is -1.03. The molecule has 0 atom stereocenters. The van der Waals surface area contributed by atoms with E-state index in [1.54, 1.807) is 9.99 Å². The fourth-order valence-corrected chi connectivity index (χ4v) is 7.15. The zero-order valence-corrected chi connectivity index (χ0v) is 13.8. The van der Waals surface area contributed by atoms with E-state index in [0.717, 1.165) is 0 Å². The van der Waals surface area contributed by atoms with Crippen molar-refractivity contribution >= 4 is 18.6 Å². The zero-order valence-electron chi connectivity index (χ0n) is 12.7. The lowest BCUT2D eigenvalue weighted by molar-refractivity contribution is 1.01. The van der Waals surface area contributed by atoms with Gasteiger partial charge < -0.3 is 0 Å². The number of benzene rings is 2. The van der Waals surface area contributed by atoms with E-state index in [2.05, 4.69) is 56.3 Å². The quantitative estimate of drug-likeness (QED) is 0.589. The fraction of sp³-hybridized carbons (Fsp3) is 0.368. The summed E-state index contributed by atoms with van der Waals surface area (Å²) in [4.78, 5) is 0. The molecule has 0 radical (unpaired) electrons. The normalized spacial score (nSPS) is 12.1. The van der Waals surface area contributed by atoms with Gasteiger partial charge in [-0.1, -0.05) is 79.7 Å². The molecule has 0 heterocycles. The third-order valence-corrected chi connectivity index (χ3v) is 8.57. The molecule has 20 heavy (non-hydrogen) atoms. The summed E-state index contributed by atoms with van der Waals surface area (Å²) in [5, 5.41) is 2.92. The van der Waals surface area contributed by atoms with Crippen LogP contribution >= 0.6 is 0 Å².